The average Bonchev–Trinajstić information content (AvgIpc) is 2.03. The van der Waals surface area contributed by atoms with Crippen LogP contribution in [0.25, 0.3) is 0 Å². The summed E-state index contributed by atoms with van der Waals surface area (Å²) in [5.41, 5.74) is 7.50. The minimum Gasteiger partial charge on any atom is -0.409 e. The minimum absolute atomic E-state index is 0.198. The zero-order valence-corrected chi connectivity index (χ0v) is 6.54. The highest BCUT2D eigenvalue weighted by molar-refractivity contribution is 5.99. The van der Waals surface area contributed by atoms with Crippen LogP contribution in [-0.2, 0) is 0 Å². The Bertz CT molecular complexity index is 238. The van der Waals surface area contributed by atoms with Crippen molar-refractivity contribution in [3.8, 4) is 0 Å². The molecule has 0 spiro atoms. The van der Waals surface area contributed by atoms with Gasteiger partial charge in [0.15, 0.2) is 5.84 Å². The second kappa shape index (κ2) is 3.23. The third-order valence-electron chi connectivity index (χ3n) is 1.71. The largest absolute Gasteiger partial charge is 0.409 e. The van der Waals surface area contributed by atoms with E-state index in [0.29, 0.717) is 0 Å². The van der Waals surface area contributed by atoms with Crippen molar-refractivity contribution in [1.82, 2.24) is 0 Å². The number of allylic oxidation sites excluding steroid dienone is 2. The summed E-state index contributed by atoms with van der Waals surface area (Å²) in [6.45, 7) is 2.04. The van der Waals surface area contributed by atoms with Crippen LogP contribution in [0.3, 0.4) is 0 Å². The summed E-state index contributed by atoms with van der Waals surface area (Å²) in [5, 5.41) is 11.3. The fraction of sp³-hybridized carbons (Fsp3) is 0.375. The molecule has 0 aromatic carbocycles. The molecule has 60 valence electrons. The van der Waals surface area contributed by atoms with Gasteiger partial charge < -0.3 is 10.9 Å². The van der Waals surface area contributed by atoms with Gasteiger partial charge in [-0.25, -0.2) is 0 Å². The van der Waals surface area contributed by atoms with Crippen molar-refractivity contribution in [2.75, 3.05) is 0 Å². The fourth-order valence-corrected chi connectivity index (χ4v) is 1.09. The molecule has 0 bridgehead atoms. The number of hydrogen-bond acceptors (Lipinski definition) is 2. The molecule has 1 rings (SSSR count). The molecule has 0 aliphatic heterocycles. The van der Waals surface area contributed by atoms with Gasteiger partial charge in [0, 0.05) is 5.57 Å². The average molecular weight is 152 g/mol. The third-order valence-corrected chi connectivity index (χ3v) is 1.71. The first-order chi connectivity index (χ1) is 5.24. The zero-order chi connectivity index (χ0) is 8.27. The highest BCUT2D eigenvalue weighted by atomic mass is 16.4. The lowest BCUT2D eigenvalue weighted by molar-refractivity contribution is 0.318. The number of nitrogens with zero attached hydrogens (tertiary/aromatic N) is 1. The van der Waals surface area contributed by atoms with E-state index in [1.807, 2.05) is 19.1 Å². The summed E-state index contributed by atoms with van der Waals surface area (Å²) < 4.78 is 0. The predicted octanol–water partition coefficient (Wildman–Crippen LogP) is 1.40. The number of nitrogens with two attached hydrogens (primary N) is 1. The molecule has 3 N–H and O–H groups in total. The summed E-state index contributed by atoms with van der Waals surface area (Å²) in [7, 11) is 0. The van der Waals surface area contributed by atoms with Crippen LogP contribution in [0.2, 0.25) is 0 Å². The van der Waals surface area contributed by atoms with Gasteiger partial charge in [0.25, 0.3) is 0 Å². The van der Waals surface area contributed by atoms with Crippen LogP contribution in [0.15, 0.2) is 28.5 Å². The van der Waals surface area contributed by atoms with Gasteiger partial charge >= 0.3 is 0 Å². The van der Waals surface area contributed by atoms with Gasteiger partial charge in [0.05, 0.1) is 0 Å². The Kier molecular flexibility index (Phi) is 2.31. The first-order valence-electron chi connectivity index (χ1n) is 3.59. The maximum Gasteiger partial charge on any atom is 0.169 e. The molecule has 0 saturated heterocycles. The van der Waals surface area contributed by atoms with Crippen LogP contribution in [0.5, 0.6) is 0 Å². The predicted molar refractivity (Wildman–Crippen MR) is 44.5 cm³/mol. The Labute approximate surface area is 65.9 Å². The van der Waals surface area contributed by atoms with Gasteiger partial charge in [-0.3, -0.25) is 0 Å². The van der Waals surface area contributed by atoms with Crippen molar-refractivity contribution >= 4 is 5.84 Å². The van der Waals surface area contributed by atoms with E-state index in [4.69, 9.17) is 10.9 Å². The molecular weight excluding hydrogens is 140 g/mol. The van der Waals surface area contributed by atoms with E-state index < -0.39 is 0 Å². The van der Waals surface area contributed by atoms with Gasteiger partial charge in [-0.05, 0) is 19.8 Å². The lowest BCUT2D eigenvalue weighted by Crippen LogP contribution is -2.14. The Balaban J connectivity index is 2.82. The van der Waals surface area contributed by atoms with Gasteiger partial charge in [0.2, 0.25) is 0 Å². The second-order valence-corrected chi connectivity index (χ2v) is 2.67. The van der Waals surface area contributed by atoms with Gasteiger partial charge in [-0.15, -0.1) is 0 Å². The van der Waals surface area contributed by atoms with Crippen molar-refractivity contribution in [1.29, 1.82) is 0 Å². The van der Waals surface area contributed by atoms with Crippen LogP contribution in [0, 0.1) is 0 Å². The maximum absolute atomic E-state index is 8.37. The van der Waals surface area contributed by atoms with Gasteiger partial charge in [0.1, 0.15) is 0 Å². The lowest BCUT2D eigenvalue weighted by atomic mass is 10.0. The van der Waals surface area contributed by atoms with Crippen LogP contribution < -0.4 is 5.73 Å². The van der Waals surface area contributed by atoms with Crippen molar-refractivity contribution in [3.63, 3.8) is 0 Å². The van der Waals surface area contributed by atoms with E-state index in [-0.39, 0.29) is 5.84 Å². The van der Waals surface area contributed by atoms with Crippen molar-refractivity contribution < 1.29 is 5.21 Å². The zero-order valence-electron chi connectivity index (χ0n) is 6.54. The summed E-state index contributed by atoms with van der Waals surface area (Å²) in [6, 6.07) is 0. The van der Waals surface area contributed by atoms with E-state index in [9.17, 15) is 0 Å². The highest BCUT2D eigenvalue weighted by Crippen LogP contribution is 2.16. The van der Waals surface area contributed by atoms with Crippen LogP contribution >= 0.6 is 0 Å². The third kappa shape index (κ3) is 1.83. The van der Waals surface area contributed by atoms with E-state index >= 15 is 0 Å². The number of hydrogen-bond donors (Lipinski definition) is 2. The molecule has 0 aromatic rings. The summed E-state index contributed by atoms with van der Waals surface area (Å²) in [6.07, 6.45) is 5.97. The molecule has 3 heteroatoms. The standard InChI is InChI=1S/C8H12N2O/c1-6-3-2-4-7(5-6)8(9)10-11/h4-5,11H,2-3H2,1H3,(H2,9,10). The Morgan fingerprint density at radius 1 is 1.73 bits per heavy atom. The molecular formula is C8H12N2O. The first-order valence-corrected chi connectivity index (χ1v) is 3.59. The molecule has 0 radical (unpaired) electrons. The number of rotatable bonds is 1. The summed E-state index contributed by atoms with van der Waals surface area (Å²) >= 11 is 0. The normalized spacial score (nSPS) is 19.2. The van der Waals surface area contributed by atoms with Crippen molar-refractivity contribution in [2.45, 2.75) is 19.8 Å². The smallest absolute Gasteiger partial charge is 0.169 e. The molecule has 0 unspecified atom stereocenters. The molecule has 3 nitrogen and oxygen atoms in total. The SMILES string of the molecule is CC1=CC(/C(N)=N/O)=CCC1. The van der Waals surface area contributed by atoms with Crippen LogP contribution in [0.4, 0.5) is 0 Å². The quantitative estimate of drug-likeness (QED) is 0.258. The topological polar surface area (TPSA) is 58.6 Å². The first kappa shape index (κ1) is 7.85. The van der Waals surface area contributed by atoms with Crippen molar-refractivity contribution in [3.05, 3.63) is 23.3 Å². The number of amidine groups is 1. The summed E-state index contributed by atoms with van der Waals surface area (Å²) in [4.78, 5) is 0. The second-order valence-electron chi connectivity index (χ2n) is 2.67. The van der Waals surface area contributed by atoms with E-state index in [2.05, 4.69) is 5.16 Å². The molecule has 0 aromatic heterocycles. The Hall–Kier alpha value is -1.25. The Morgan fingerprint density at radius 2 is 2.45 bits per heavy atom. The molecule has 0 atom stereocenters. The molecule has 1 aliphatic rings. The maximum atomic E-state index is 8.37. The van der Waals surface area contributed by atoms with Gasteiger partial charge in [-0.2, -0.15) is 0 Å². The van der Waals surface area contributed by atoms with E-state index in [1.165, 1.54) is 5.57 Å². The Morgan fingerprint density at radius 3 is 3.00 bits per heavy atom. The molecule has 0 saturated carbocycles. The van der Waals surface area contributed by atoms with Crippen molar-refractivity contribution in [2.24, 2.45) is 10.9 Å². The summed E-state index contributed by atoms with van der Waals surface area (Å²) in [5.74, 6) is 0.198. The fourth-order valence-electron chi connectivity index (χ4n) is 1.09. The van der Waals surface area contributed by atoms with E-state index in [1.54, 1.807) is 0 Å². The monoisotopic (exact) mass is 152 g/mol. The lowest BCUT2D eigenvalue weighted by Gasteiger charge is -2.08. The molecule has 1 aliphatic carbocycles. The van der Waals surface area contributed by atoms with E-state index in [0.717, 1.165) is 18.4 Å². The highest BCUT2D eigenvalue weighted by Gasteiger charge is 2.04. The molecule has 11 heavy (non-hydrogen) atoms. The number of oxime groups is 1. The van der Waals surface area contributed by atoms with Gasteiger partial charge in [-0.1, -0.05) is 22.9 Å². The van der Waals surface area contributed by atoms with Crippen LogP contribution in [-0.4, -0.2) is 11.0 Å². The molecule has 0 heterocycles. The molecule has 0 fully saturated rings. The molecule has 0 amide bonds. The minimum atomic E-state index is 0.198. The van der Waals surface area contributed by atoms with Crippen LogP contribution in [0.1, 0.15) is 19.8 Å².